The molecule has 1 aliphatic carbocycles. The first-order chi connectivity index (χ1) is 15.9. The summed E-state index contributed by atoms with van der Waals surface area (Å²) < 4.78 is 0. The van der Waals surface area contributed by atoms with Crippen LogP contribution in [0.15, 0.2) is 71.8 Å². The summed E-state index contributed by atoms with van der Waals surface area (Å²) in [6, 6.07) is 14.9. The Kier molecular flexibility index (Phi) is 6.84. The predicted molar refractivity (Wildman–Crippen MR) is 130 cm³/mol. The highest BCUT2D eigenvalue weighted by Crippen LogP contribution is 2.30. The molecule has 0 radical (unpaired) electrons. The van der Waals surface area contributed by atoms with Crippen molar-refractivity contribution in [1.29, 1.82) is 0 Å². The van der Waals surface area contributed by atoms with Gasteiger partial charge >= 0.3 is 5.97 Å². The molecule has 1 aromatic heterocycles. The summed E-state index contributed by atoms with van der Waals surface area (Å²) in [5, 5.41) is 15.9. The molecule has 3 aromatic rings. The van der Waals surface area contributed by atoms with Gasteiger partial charge < -0.3 is 20.7 Å². The Bertz CT molecular complexity index is 1220. The van der Waals surface area contributed by atoms with E-state index < -0.39 is 17.8 Å². The molecular formula is C25H25N3O4S. The van der Waals surface area contributed by atoms with Gasteiger partial charge in [-0.3, -0.25) is 14.4 Å². The van der Waals surface area contributed by atoms with Crippen molar-refractivity contribution in [1.82, 2.24) is 4.98 Å². The van der Waals surface area contributed by atoms with Gasteiger partial charge in [-0.2, -0.15) is 0 Å². The van der Waals surface area contributed by atoms with E-state index in [4.69, 9.17) is 0 Å². The standard InChI is InChI=1S/C25H25N3O4S/c1-15(23(29)27-18-10-9-16-11-12-26-22(16)14-18)33-19-6-4-5-17(13-19)28-24(30)20-7-2-3-8-21(20)25(31)32/h2-6,9-15,20-21,26H,7-8H2,1H3,(H,27,29)(H,28,30)(H,31,32). The zero-order valence-electron chi connectivity index (χ0n) is 18.1. The lowest BCUT2D eigenvalue weighted by Crippen LogP contribution is -2.34. The van der Waals surface area contributed by atoms with Crippen molar-refractivity contribution in [3.05, 3.63) is 66.9 Å². The highest BCUT2D eigenvalue weighted by atomic mass is 32.2. The third-order valence-corrected chi connectivity index (χ3v) is 6.79. The molecule has 4 rings (SSSR count). The van der Waals surface area contributed by atoms with Crippen molar-refractivity contribution in [2.24, 2.45) is 11.8 Å². The first kappa shape index (κ1) is 22.7. The molecule has 0 spiro atoms. The Labute approximate surface area is 195 Å². The van der Waals surface area contributed by atoms with Crippen LogP contribution in [0.3, 0.4) is 0 Å². The molecule has 0 aliphatic heterocycles. The maximum Gasteiger partial charge on any atom is 0.307 e. The van der Waals surface area contributed by atoms with Gasteiger partial charge in [-0.05, 0) is 61.5 Å². The predicted octanol–water partition coefficient (Wildman–Crippen LogP) is 4.89. The van der Waals surface area contributed by atoms with E-state index in [1.54, 1.807) is 18.2 Å². The number of benzene rings is 2. The van der Waals surface area contributed by atoms with E-state index in [2.05, 4.69) is 15.6 Å². The second kappa shape index (κ2) is 9.95. The lowest BCUT2D eigenvalue weighted by atomic mass is 9.82. The normalized spacial score (nSPS) is 18.6. The lowest BCUT2D eigenvalue weighted by molar-refractivity contribution is -0.146. The van der Waals surface area contributed by atoms with Gasteiger partial charge in [0.25, 0.3) is 0 Å². The van der Waals surface area contributed by atoms with E-state index in [1.165, 1.54) is 11.8 Å². The fraction of sp³-hybridized carbons (Fsp3) is 0.240. The van der Waals surface area contributed by atoms with E-state index in [0.29, 0.717) is 18.5 Å². The Morgan fingerprint density at radius 3 is 2.55 bits per heavy atom. The first-order valence-corrected chi connectivity index (χ1v) is 11.6. The molecule has 170 valence electrons. The van der Waals surface area contributed by atoms with Gasteiger partial charge in [-0.15, -0.1) is 11.8 Å². The van der Waals surface area contributed by atoms with E-state index in [9.17, 15) is 19.5 Å². The number of fused-ring (bicyclic) bond motifs is 1. The molecule has 3 unspecified atom stereocenters. The Balaban J connectivity index is 1.37. The number of carbonyl (C=O) groups excluding carboxylic acids is 2. The number of carboxylic acid groups (broad SMARTS) is 1. The average Bonchev–Trinajstić information content (AvgIpc) is 3.27. The van der Waals surface area contributed by atoms with Crippen LogP contribution in [0.5, 0.6) is 0 Å². The molecule has 1 heterocycles. The molecule has 7 nitrogen and oxygen atoms in total. The third-order valence-electron chi connectivity index (χ3n) is 5.69. The molecule has 2 amide bonds. The zero-order valence-corrected chi connectivity index (χ0v) is 18.9. The molecular weight excluding hydrogens is 438 g/mol. The summed E-state index contributed by atoms with van der Waals surface area (Å²) in [5.74, 6) is -2.72. The number of hydrogen-bond donors (Lipinski definition) is 4. The van der Waals surface area contributed by atoms with E-state index >= 15 is 0 Å². The van der Waals surface area contributed by atoms with Crippen LogP contribution in [0.4, 0.5) is 11.4 Å². The summed E-state index contributed by atoms with van der Waals surface area (Å²) >= 11 is 1.38. The second-order valence-corrected chi connectivity index (χ2v) is 9.45. The Morgan fingerprint density at radius 1 is 1.00 bits per heavy atom. The molecule has 0 saturated heterocycles. The van der Waals surface area contributed by atoms with Crippen LogP contribution in [0.2, 0.25) is 0 Å². The number of carboxylic acids is 1. The van der Waals surface area contributed by atoms with Gasteiger partial charge in [0.15, 0.2) is 0 Å². The van der Waals surface area contributed by atoms with Crippen molar-refractivity contribution in [2.45, 2.75) is 29.9 Å². The van der Waals surface area contributed by atoms with E-state index in [0.717, 1.165) is 21.5 Å². The third kappa shape index (κ3) is 5.46. The first-order valence-electron chi connectivity index (χ1n) is 10.7. The van der Waals surface area contributed by atoms with Crippen LogP contribution in [-0.2, 0) is 14.4 Å². The minimum absolute atomic E-state index is 0.126. The van der Waals surface area contributed by atoms with Crippen LogP contribution in [0, 0.1) is 11.8 Å². The number of aromatic nitrogens is 1. The van der Waals surface area contributed by atoms with E-state index in [-0.39, 0.29) is 17.1 Å². The van der Waals surface area contributed by atoms with Crippen molar-refractivity contribution < 1.29 is 19.5 Å². The summed E-state index contributed by atoms with van der Waals surface area (Å²) in [4.78, 5) is 40.8. The molecule has 1 aliphatic rings. The number of rotatable bonds is 7. The van der Waals surface area contributed by atoms with Gasteiger partial charge in [0.05, 0.1) is 17.1 Å². The minimum Gasteiger partial charge on any atom is -0.481 e. The molecule has 0 bridgehead atoms. The van der Waals surface area contributed by atoms with Crippen LogP contribution in [0.25, 0.3) is 10.9 Å². The van der Waals surface area contributed by atoms with Gasteiger partial charge in [0.1, 0.15) is 0 Å². The van der Waals surface area contributed by atoms with Crippen LogP contribution in [-0.4, -0.2) is 33.1 Å². The Morgan fingerprint density at radius 2 is 1.76 bits per heavy atom. The lowest BCUT2D eigenvalue weighted by Gasteiger charge is -2.24. The molecule has 8 heteroatoms. The summed E-state index contributed by atoms with van der Waals surface area (Å²) in [5.41, 5.74) is 2.25. The monoisotopic (exact) mass is 463 g/mol. The van der Waals surface area contributed by atoms with Crippen LogP contribution >= 0.6 is 11.8 Å². The number of carbonyl (C=O) groups is 3. The van der Waals surface area contributed by atoms with Gasteiger partial charge in [0, 0.05) is 28.0 Å². The van der Waals surface area contributed by atoms with Gasteiger partial charge in [-0.25, -0.2) is 0 Å². The SMILES string of the molecule is CC(Sc1cccc(NC(=O)C2CC=CCC2C(=O)O)c1)C(=O)Nc1ccc2cc[nH]c2c1. The Hall–Kier alpha value is -3.52. The molecule has 2 aromatic carbocycles. The summed E-state index contributed by atoms with van der Waals surface area (Å²) in [6.07, 6.45) is 6.27. The number of aromatic amines is 1. The second-order valence-electron chi connectivity index (χ2n) is 8.04. The molecule has 3 atom stereocenters. The molecule has 0 saturated carbocycles. The summed E-state index contributed by atoms with van der Waals surface area (Å²) in [6.45, 7) is 1.82. The van der Waals surface area contributed by atoms with Gasteiger partial charge in [0.2, 0.25) is 11.8 Å². The number of H-pyrrole nitrogens is 1. The summed E-state index contributed by atoms with van der Waals surface area (Å²) in [7, 11) is 0. The fourth-order valence-electron chi connectivity index (χ4n) is 3.89. The number of thioether (sulfide) groups is 1. The van der Waals surface area contributed by atoms with Crippen LogP contribution < -0.4 is 10.6 Å². The number of hydrogen-bond acceptors (Lipinski definition) is 4. The highest BCUT2D eigenvalue weighted by molar-refractivity contribution is 8.00. The maximum atomic E-state index is 12.7. The fourth-order valence-corrected chi connectivity index (χ4v) is 4.81. The molecule has 4 N–H and O–H groups in total. The minimum atomic E-state index is -0.959. The number of aliphatic carboxylic acids is 1. The van der Waals surface area contributed by atoms with Crippen LogP contribution in [0.1, 0.15) is 19.8 Å². The zero-order chi connectivity index (χ0) is 23.4. The average molecular weight is 464 g/mol. The van der Waals surface area contributed by atoms with Crippen molar-refractivity contribution in [2.75, 3.05) is 10.6 Å². The van der Waals surface area contributed by atoms with Crippen molar-refractivity contribution in [3.8, 4) is 0 Å². The highest BCUT2D eigenvalue weighted by Gasteiger charge is 2.34. The number of amides is 2. The van der Waals surface area contributed by atoms with Crippen molar-refractivity contribution in [3.63, 3.8) is 0 Å². The topological polar surface area (TPSA) is 111 Å². The van der Waals surface area contributed by atoms with Crippen molar-refractivity contribution >= 4 is 51.8 Å². The van der Waals surface area contributed by atoms with Gasteiger partial charge in [-0.1, -0.05) is 24.3 Å². The van der Waals surface area contributed by atoms with E-state index in [1.807, 2.05) is 55.6 Å². The number of allylic oxidation sites excluding steroid dienone is 2. The smallest absolute Gasteiger partial charge is 0.307 e. The molecule has 33 heavy (non-hydrogen) atoms. The quantitative estimate of drug-likeness (QED) is 0.294. The maximum absolute atomic E-state index is 12.7. The molecule has 0 fully saturated rings. The largest absolute Gasteiger partial charge is 0.481 e. The number of anilines is 2. The number of nitrogens with one attached hydrogen (secondary N) is 3.